The van der Waals surface area contributed by atoms with Gasteiger partial charge in [-0.3, -0.25) is 4.79 Å². The predicted molar refractivity (Wildman–Crippen MR) is 75.6 cm³/mol. The molecule has 1 atom stereocenters. The van der Waals surface area contributed by atoms with Gasteiger partial charge in [0.1, 0.15) is 5.75 Å². The lowest BCUT2D eigenvalue weighted by molar-refractivity contribution is -0.131. The fraction of sp³-hybridized carbons (Fsp3) is 0.462. The van der Waals surface area contributed by atoms with Crippen LogP contribution < -0.4 is 10.5 Å². The van der Waals surface area contributed by atoms with Crippen molar-refractivity contribution in [1.82, 2.24) is 4.90 Å². The van der Waals surface area contributed by atoms with E-state index in [0.717, 1.165) is 10.0 Å². The molecule has 0 radical (unpaired) electrons. The molecule has 0 bridgehead atoms. The van der Waals surface area contributed by atoms with E-state index in [1.165, 1.54) is 0 Å². The van der Waals surface area contributed by atoms with E-state index in [1.807, 2.05) is 32.0 Å². The van der Waals surface area contributed by atoms with Crippen LogP contribution in [0.25, 0.3) is 0 Å². The number of ether oxygens (including phenoxy) is 1. The highest BCUT2D eigenvalue weighted by atomic mass is 79.9. The van der Waals surface area contributed by atoms with Gasteiger partial charge < -0.3 is 15.4 Å². The summed E-state index contributed by atoms with van der Waals surface area (Å²) in [5.41, 5.74) is 6.76. The topological polar surface area (TPSA) is 55.6 Å². The quantitative estimate of drug-likeness (QED) is 0.907. The van der Waals surface area contributed by atoms with Crippen molar-refractivity contribution < 1.29 is 9.53 Å². The van der Waals surface area contributed by atoms with Crippen LogP contribution in [0.4, 0.5) is 0 Å². The summed E-state index contributed by atoms with van der Waals surface area (Å²) in [6.07, 6.45) is 0. The number of halogens is 1. The van der Waals surface area contributed by atoms with Crippen LogP contribution in [0.15, 0.2) is 22.7 Å². The minimum atomic E-state index is -0.132. The number of hydrogen-bond donors (Lipinski definition) is 1. The first-order valence-electron chi connectivity index (χ1n) is 5.87. The zero-order valence-electron chi connectivity index (χ0n) is 10.9. The van der Waals surface area contributed by atoms with Gasteiger partial charge in [0.15, 0.2) is 6.61 Å². The van der Waals surface area contributed by atoms with Gasteiger partial charge in [-0.05, 0) is 26.0 Å². The van der Waals surface area contributed by atoms with E-state index >= 15 is 0 Å². The van der Waals surface area contributed by atoms with Gasteiger partial charge >= 0.3 is 0 Å². The van der Waals surface area contributed by atoms with Gasteiger partial charge in [0, 0.05) is 29.7 Å². The fourth-order valence-electron chi connectivity index (χ4n) is 1.44. The first-order valence-corrected chi connectivity index (χ1v) is 6.66. The lowest BCUT2D eigenvalue weighted by Gasteiger charge is -2.17. The standard InChI is InChI=1S/C13H19BrN2O2/c1-4-16(3)13(17)8-18-12-7-10(14)5-6-11(12)9(2)15/h5-7,9H,4,8,15H2,1-3H3. The Morgan fingerprint density at radius 2 is 2.22 bits per heavy atom. The molecule has 0 saturated carbocycles. The molecule has 1 amide bonds. The molecule has 1 aromatic carbocycles. The number of hydrogen-bond acceptors (Lipinski definition) is 3. The first-order chi connectivity index (χ1) is 8.45. The Morgan fingerprint density at radius 3 is 2.78 bits per heavy atom. The highest BCUT2D eigenvalue weighted by molar-refractivity contribution is 9.10. The molecule has 4 nitrogen and oxygen atoms in total. The maximum Gasteiger partial charge on any atom is 0.260 e. The van der Waals surface area contributed by atoms with E-state index < -0.39 is 0 Å². The zero-order valence-corrected chi connectivity index (χ0v) is 12.5. The largest absolute Gasteiger partial charge is 0.483 e. The van der Waals surface area contributed by atoms with Crippen molar-refractivity contribution >= 4 is 21.8 Å². The van der Waals surface area contributed by atoms with E-state index in [1.54, 1.807) is 11.9 Å². The molecule has 100 valence electrons. The summed E-state index contributed by atoms with van der Waals surface area (Å²) in [5, 5.41) is 0. The van der Waals surface area contributed by atoms with Crippen LogP contribution in [0.3, 0.4) is 0 Å². The third-order valence-corrected chi connectivity index (χ3v) is 3.21. The molecule has 0 saturated heterocycles. The number of carbonyl (C=O) groups is 1. The minimum absolute atomic E-state index is 0.0283. The number of likely N-dealkylation sites (N-methyl/N-ethyl adjacent to an activating group) is 1. The van der Waals surface area contributed by atoms with Gasteiger partial charge in [-0.2, -0.15) is 0 Å². The molecular weight excluding hydrogens is 296 g/mol. The van der Waals surface area contributed by atoms with Crippen molar-refractivity contribution in [2.75, 3.05) is 20.2 Å². The van der Waals surface area contributed by atoms with Crippen molar-refractivity contribution in [3.8, 4) is 5.75 Å². The van der Waals surface area contributed by atoms with Gasteiger partial charge in [-0.25, -0.2) is 0 Å². The van der Waals surface area contributed by atoms with Crippen molar-refractivity contribution in [3.05, 3.63) is 28.2 Å². The van der Waals surface area contributed by atoms with Crippen LogP contribution in [0.2, 0.25) is 0 Å². The lowest BCUT2D eigenvalue weighted by atomic mass is 10.1. The third kappa shape index (κ3) is 3.99. The molecule has 0 aliphatic rings. The van der Waals surface area contributed by atoms with Gasteiger partial charge in [-0.15, -0.1) is 0 Å². The van der Waals surface area contributed by atoms with Gasteiger partial charge in [0.25, 0.3) is 5.91 Å². The number of carbonyl (C=O) groups excluding carboxylic acids is 1. The van der Waals surface area contributed by atoms with E-state index in [2.05, 4.69) is 15.9 Å². The Bertz CT molecular complexity index is 421. The molecule has 0 heterocycles. The second-order valence-corrected chi connectivity index (χ2v) is 5.08. The second kappa shape index (κ2) is 6.75. The monoisotopic (exact) mass is 314 g/mol. The van der Waals surface area contributed by atoms with Crippen LogP contribution in [0.5, 0.6) is 5.75 Å². The molecule has 0 aromatic heterocycles. The number of amides is 1. The van der Waals surface area contributed by atoms with Crippen LogP contribution >= 0.6 is 15.9 Å². The average molecular weight is 315 g/mol. The summed E-state index contributed by atoms with van der Waals surface area (Å²) in [5.74, 6) is 0.602. The van der Waals surface area contributed by atoms with E-state index in [4.69, 9.17) is 10.5 Å². The summed E-state index contributed by atoms with van der Waals surface area (Å²) in [7, 11) is 1.75. The highest BCUT2D eigenvalue weighted by Crippen LogP contribution is 2.27. The van der Waals surface area contributed by atoms with Gasteiger partial charge in [-0.1, -0.05) is 22.0 Å². The summed E-state index contributed by atoms with van der Waals surface area (Å²) >= 11 is 3.38. The maximum atomic E-state index is 11.7. The number of nitrogens with two attached hydrogens (primary N) is 1. The molecule has 1 unspecified atom stereocenters. The summed E-state index contributed by atoms with van der Waals surface area (Å²) in [6, 6.07) is 5.51. The molecular formula is C13H19BrN2O2. The number of rotatable bonds is 5. The summed E-state index contributed by atoms with van der Waals surface area (Å²) < 4.78 is 6.46. The van der Waals surface area contributed by atoms with Gasteiger partial charge in [0.05, 0.1) is 0 Å². The molecule has 1 aromatic rings. The maximum absolute atomic E-state index is 11.7. The smallest absolute Gasteiger partial charge is 0.260 e. The molecule has 5 heteroatoms. The Hall–Kier alpha value is -1.07. The Kier molecular flexibility index (Phi) is 5.62. The molecule has 1 rings (SSSR count). The fourth-order valence-corrected chi connectivity index (χ4v) is 1.78. The normalized spacial score (nSPS) is 12.1. The Labute approximate surface area is 116 Å². The highest BCUT2D eigenvalue weighted by Gasteiger charge is 2.12. The number of benzene rings is 1. The van der Waals surface area contributed by atoms with Crippen LogP contribution in [-0.4, -0.2) is 31.0 Å². The third-order valence-electron chi connectivity index (χ3n) is 2.72. The van der Waals surface area contributed by atoms with E-state index in [-0.39, 0.29) is 18.6 Å². The molecule has 0 aliphatic heterocycles. The van der Waals surface area contributed by atoms with E-state index in [0.29, 0.717) is 12.3 Å². The molecule has 0 spiro atoms. The van der Waals surface area contributed by atoms with E-state index in [9.17, 15) is 4.79 Å². The first kappa shape index (κ1) is 15.0. The van der Waals surface area contributed by atoms with Crippen molar-refractivity contribution in [1.29, 1.82) is 0 Å². The van der Waals surface area contributed by atoms with Crippen molar-refractivity contribution in [2.45, 2.75) is 19.9 Å². The molecule has 2 N–H and O–H groups in total. The number of nitrogens with zero attached hydrogens (tertiary/aromatic N) is 1. The zero-order chi connectivity index (χ0) is 13.7. The molecule has 18 heavy (non-hydrogen) atoms. The second-order valence-electron chi connectivity index (χ2n) is 4.17. The van der Waals surface area contributed by atoms with Crippen molar-refractivity contribution in [3.63, 3.8) is 0 Å². The average Bonchev–Trinajstić information content (AvgIpc) is 2.34. The van der Waals surface area contributed by atoms with Crippen molar-refractivity contribution in [2.24, 2.45) is 5.73 Å². The van der Waals surface area contributed by atoms with Crippen LogP contribution in [0.1, 0.15) is 25.5 Å². The lowest BCUT2D eigenvalue weighted by Crippen LogP contribution is -2.31. The molecule has 0 aliphatic carbocycles. The van der Waals surface area contributed by atoms with Crippen LogP contribution in [-0.2, 0) is 4.79 Å². The summed E-state index contributed by atoms with van der Waals surface area (Å²) in [4.78, 5) is 13.3. The SMILES string of the molecule is CCN(C)C(=O)COc1cc(Br)ccc1C(C)N. The Balaban J connectivity index is 2.77. The Morgan fingerprint density at radius 1 is 1.56 bits per heavy atom. The minimum Gasteiger partial charge on any atom is -0.483 e. The van der Waals surface area contributed by atoms with Crippen LogP contribution in [0, 0.1) is 0 Å². The summed E-state index contributed by atoms with van der Waals surface area (Å²) in [6.45, 7) is 4.50. The predicted octanol–water partition coefficient (Wildman–Crippen LogP) is 2.33. The van der Waals surface area contributed by atoms with Gasteiger partial charge in [0.2, 0.25) is 0 Å². The molecule has 0 fully saturated rings.